The predicted octanol–water partition coefficient (Wildman–Crippen LogP) is 2.00. The third-order valence-electron chi connectivity index (χ3n) is 3.36. The van der Waals surface area contributed by atoms with Crippen molar-refractivity contribution < 1.29 is 9.53 Å². The number of carbonyl (C=O) groups is 1. The van der Waals surface area contributed by atoms with Gasteiger partial charge in [0.25, 0.3) is 0 Å². The molecule has 2 N–H and O–H groups in total. The third-order valence-corrected chi connectivity index (χ3v) is 3.36. The molecule has 1 heterocycles. The maximum atomic E-state index is 11.6. The monoisotopic (exact) mass is 237 g/mol. The van der Waals surface area contributed by atoms with Crippen LogP contribution in [-0.2, 0) is 4.74 Å². The van der Waals surface area contributed by atoms with Gasteiger partial charge < -0.3 is 15.0 Å². The van der Waals surface area contributed by atoms with E-state index in [4.69, 9.17) is 10.5 Å². The summed E-state index contributed by atoms with van der Waals surface area (Å²) in [5.74, 6) is 0.713. The molecule has 1 aromatic heterocycles. The van der Waals surface area contributed by atoms with E-state index >= 15 is 0 Å². The van der Waals surface area contributed by atoms with Gasteiger partial charge in [-0.05, 0) is 32.1 Å². The highest BCUT2D eigenvalue weighted by Crippen LogP contribution is 2.35. The molecule has 5 nitrogen and oxygen atoms in total. The predicted molar refractivity (Wildman–Crippen MR) is 64.6 cm³/mol. The molecule has 2 rings (SSSR count). The van der Waals surface area contributed by atoms with Crippen LogP contribution in [0.2, 0.25) is 0 Å². The van der Waals surface area contributed by atoms with Gasteiger partial charge >= 0.3 is 5.97 Å². The van der Waals surface area contributed by atoms with E-state index < -0.39 is 5.97 Å². The van der Waals surface area contributed by atoms with Crippen molar-refractivity contribution >= 4 is 11.8 Å². The Labute approximate surface area is 101 Å². The Kier molecular flexibility index (Phi) is 3.36. The smallest absolute Gasteiger partial charge is 0.360 e. The molecule has 2 atom stereocenters. The molecule has 5 heteroatoms. The Morgan fingerprint density at radius 1 is 1.65 bits per heavy atom. The summed E-state index contributed by atoms with van der Waals surface area (Å²) in [5, 5.41) is 0. The summed E-state index contributed by atoms with van der Waals surface area (Å²) in [6.07, 6.45) is 5.06. The van der Waals surface area contributed by atoms with Gasteiger partial charge in [-0.2, -0.15) is 0 Å². The van der Waals surface area contributed by atoms with E-state index in [9.17, 15) is 4.79 Å². The fraction of sp³-hybridized carbons (Fsp3) is 0.667. The summed E-state index contributed by atoms with van der Waals surface area (Å²) >= 11 is 0. The lowest BCUT2D eigenvalue weighted by Crippen LogP contribution is -2.12. The van der Waals surface area contributed by atoms with E-state index in [1.54, 1.807) is 13.3 Å². The number of nitrogen functional groups attached to an aromatic ring is 1. The largest absolute Gasteiger partial charge is 0.461 e. The first-order valence-corrected chi connectivity index (χ1v) is 6.12. The maximum Gasteiger partial charge on any atom is 0.360 e. The third kappa shape index (κ3) is 2.28. The van der Waals surface area contributed by atoms with E-state index in [-0.39, 0.29) is 5.69 Å². The van der Waals surface area contributed by atoms with Gasteiger partial charge in [-0.25, -0.2) is 9.78 Å². The number of esters is 1. The van der Waals surface area contributed by atoms with E-state index in [2.05, 4.69) is 11.9 Å². The van der Waals surface area contributed by atoms with Crippen molar-refractivity contribution in [2.45, 2.75) is 39.2 Å². The van der Waals surface area contributed by atoms with Crippen molar-refractivity contribution in [2.24, 2.45) is 5.92 Å². The van der Waals surface area contributed by atoms with E-state index in [1.807, 2.05) is 4.57 Å². The zero-order chi connectivity index (χ0) is 12.4. The molecule has 1 fully saturated rings. The van der Waals surface area contributed by atoms with Gasteiger partial charge in [0.05, 0.1) is 12.9 Å². The lowest BCUT2D eigenvalue weighted by Gasteiger charge is -2.13. The number of hydrogen-bond donors (Lipinski definition) is 1. The Bertz CT molecular complexity index is 414. The fourth-order valence-electron chi connectivity index (χ4n) is 2.45. The summed E-state index contributed by atoms with van der Waals surface area (Å²) in [4.78, 5) is 15.6. The van der Waals surface area contributed by atoms with Crippen molar-refractivity contribution in [2.75, 3.05) is 12.3 Å². The minimum atomic E-state index is -0.435. The van der Waals surface area contributed by atoms with Crippen molar-refractivity contribution in [3.63, 3.8) is 0 Å². The average Bonchev–Trinajstić information content (AvgIpc) is 2.85. The van der Waals surface area contributed by atoms with Gasteiger partial charge in [-0.15, -0.1) is 0 Å². The number of ether oxygens (including phenoxy) is 1. The summed E-state index contributed by atoms with van der Waals surface area (Å²) in [5.41, 5.74) is 6.20. The molecule has 94 valence electrons. The minimum absolute atomic E-state index is 0.242. The van der Waals surface area contributed by atoms with Crippen LogP contribution in [0.4, 0.5) is 5.82 Å². The van der Waals surface area contributed by atoms with Crippen molar-refractivity contribution in [1.29, 1.82) is 0 Å². The van der Waals surface area contributed by atoms with Crippen molar-refractivity contribution in [3.05, 3.63) is 12.0 Å². The van der Waals surface area contributed by atoms with Gasteiger partial charge in [-0.1, -0.05) is 6.92 Å². The number of rotatable bonds is 3. The molecule has 17 heavy (non-hydrogen) atoms. The molecule has 0 aromatic carbocycles. The molecule has 0 amide bonds. The van der Waals surface area contributed by atoms with E-state index in [0.717, 1.165) is 12.8 Å². The normalized spacial score (nSPS) is 23.9. The Hall–Kier alpha value is -1.52. The average molecular weight is 237 g/mol. The summed E-state index contributed by atoms with van der Waals surface area (Å²) in [6.45, 7) is 4.34. The highest BCUT2D eigenvalue weighted by Gasteiger charge is 2.26. The van der Waals surface area contributed by atoms with Crippen molar-refractivity contribution in [1.82, 2.24) is 9.55 Å². The standard InChI is InChI=1S/C12H19N3O2/c1-3-17-12(16)10-11(13)15(7-14-10)9-5-4-8(2)6-9/h7-9H,3-6,13H2,1-2H3. The first-order chi connectivity index (χ1) is 8.13. The number of nitrogens with two attached hydrogens (primary N) is 1. The first-order valence-electron chi connectivity index (χ1n) is 6.12. The fourth-order valence-corrected chi connectivity index (χ4v) is 2.45. The van der Waals surface area contributed by atoms with Crippen LogP contribution in [-0.4, -0.2) is 22.1 Å². The molecular formula is C12H19N3O2. The topological polar surface area (TPSA) is 70.1 Å². The second-order valence-corrected chi connectivity index (χ2v) is 4.68. The quantitative estimate of drug-likeness (QED) is 0.816. The second kappa shape index (κ2) is 4.77. The van der Waals surface area contributed by atoms with Gasteiger partial charge in [0.2, 0.25) is 0 Å². The lowest BCUT2D eigenvalue weighted by molar-refractivity contribution is 0.0521. The van der Waals surface area contributed by atoms with Crippen LogP contribution in [0.5, 0.6) is 0 Å². The summed E-state index contributed by atoms with van der Waals surface area (Å²) in [7, 11) is 0. The molecule has 0 radical (unpaired) electrons. The summed E-state index contributed by atoms with van der Waals surface area (Å²) in [6, 6.07) is 0.376. The van der Waals surface area contributed by atoms with Crippen molar-refractivity contribution in [3.8, 4) is 0 Å². The molecule has 0 bridgehead atoms. The van der Waals surface area contributed by atoms with Gasteiger partial charge in [-0.3, -0.25) is 0 Å². The number of carbonyl (C=O) groups excluding carboxylic acids is 1. The molecular weight excluding hydrogens is 218 g/mol. The SMILES string of the molecule is CCOC(=O)c1ncn(C2CCC(C)C2)c1N. The Morgan fingerprint density at radius 3 is 3.00 bits per heavy atom. The number of nitrogens with zero attached hydrogens (tertiary/aromatic N) is 2. The van der Waals surface area contributed by atoms with Gasteiger partial charge in [0.1, 0.15) is 5.82 Å². The molecule has 1 aliphatic carbocycles. The van der Waals surface area contributed by atoms with E-state index in [1.165, 1.54) is 6.42 Å². The molecule has 1 aliphatic rings. The Balaban J connectivity index is 2.18. The number of anilines is 1. The lowest BCUT2D eigenvalue weighted by atomic mass is 10.1. The van der Waals surface area contributed by atoms with Gasteiger partial charge in [0.15, 0.2) is 5.69 Å². The minimum Gasteiger partial charge on any atom is -0.461 e. The van der Waals surface area contributed by atoms with Crippen LogP contribution in [0.25, 0.3) is 0 Å². The van der Waals surface area contributed by atoms with Crippen LogP contribution in [0.1, 0.15) is 49.6 Å². The van der Waals surface area contributed by atoms with Crippen LogP contribution in [0, 0.1) is 5.92 Å². The number of aromatic nitrogens is 2. The number of imidazole rings is 1. The molecule has 0 saturated heterocycles. The zero-order valence-corrected chi connectivity index (χ0v) is 10.3. The van der Waals surface area contributed by atoms with Gasteiger partial charge in [0, 0.05) is 6.04 Å². The van der Waals surface area contributed by atoms with Crippen LogP contribution in [0.15, 0.2) is 6.33 Å². The number of hydrogen-bond acceptors (Lipinski definition) is 4. The molecule has 1 saturated carbocycles. The second-order valence-electron chi connectivity index (χ2n) is 4.68. The van der Waals surface area contributed by atoms with Crippen LogP contribution < -0.4 is 5.73 Å². The highest BCUT2D eigenvalue weighted by atomic mass is 16.5. The molecule has 1 aromatic rings. The first kappa shape index (κ1) is 12.0. The Morgan fingerprint density at radius 2 is 2.41 bits per heavy atom. The van der Waals surface area contributed by atoms with E-state index in [0.29, 0.717) is 24.4 Å². The summed E-state index contributed by atoms with van der Waals surface area (Å²) < 4.78 is 6.82. The molecule has 0 aliphatic heterocycles. The zero-order valence-electron chi connectivity index (χ0n) is 10.3. The molecule has 0 spiro atoms. The highest BCUT2D eigenvalue weighted by molar-refractivity contribution is 5.92. The van der Waals surface area contributed by atoms with Crippen LogP contribution >= 0.6 is 0 Å². The van der Waals surface area contributed by atoms with Crippen LogP contribution in [0.3, 0.4) is 0 Å². The maximum absolute atomic E-state index is 11.6. The molecule has 2 unspecified atom stereocenters.